The predicted molar refractivity (Wildman–Crippen MR) is 51.1 cm³/mol. The third-order valence-electron chi connectivity index (χ3n) is 1.80. The average Bonchev–Trinajstić information content (AvgIpc) is 2.17. The molecule has 0 amide bonds. The maximum Gasteiger partial charge on any atom is 0.634 e. The van der Waals surface area contributed by atoms with Crippen molar-refractivity contribution in [1.82, 2.24) is 5.23 Å². The van der Waals surface area contributed by atoms with Crippen molar-refractivity contribution in [3.63, 3.8) is 0 Å². The van der Waals surface area contributed by atoms with Gasteiger partial charge in [-0.2, -0.15) is 0 Å². The van der Waals surface area contributed by atoms with E-state index in [1.165, 1.54) is 0 Å². The lowest BCUT2D eigenvalue weighted by molar-refractivity contribution is -0.109. The van der Waals surface area contributed by atoms with Gasteiger partial charge in [0.2, 0.25) is 0 Å². The summed E-state index contributed by atoms with van der Waals surface area (Å²) >= 11 is 0. The largest absolute Gasteiger partial charge is 0.634 e. The molecule has 0 bridgehead atoms. The summed E-state index contributed by atoms with van der Waals surface area (Å²) in [7, 11) is -2.66. The van der Waals surface area contributed by atoms with Crippen molar-refractivity contribution in [2.45, 2.75) is 12.5 Å². The maximum absolute atomic E-state index is 11.9. The minimum absolute atomic E-state index is 0.286. The van der Waals surface area contributed by atoms with Crippen molar-refractivity contribution in [1.29, 1.82) is 0 Å². The number of carbonyl (C=O) groups excluding carboxylic acids is 1. The van der Waals surface area contributed by atoms with Crippen molar-refractivity contribution in [3.05, 3.63) is 35.9 Å². The fourth-order valence-corrected chi connectivity index (χ4v) is 1.18. The Hall–Kier alpha value is -1.23. The van der Waals surface area contributed by atoms with E-state index in [0.717, 1.165) is 5.56 Å². The number of rotatable bonds is 5. The third-order valence-corrected chi connectivity index (χ3v) is 1.80. The molecule has 0 aliphatic heterocycles. The SMILES string of the molecule is O=C[C@H](Cc1ccccc1)NB(F)F. The first-order valence-electron chi connectivity index (χ1n) is 4.26. The van der Waals surface area contributed by atoms with Gasteiger partial charge in [0.15, 0.2) is 0 Å². The van der Waals surface area contributed by atoms with Crippen LogP contribution in [-0.4, -0.2) is 19.7 Å². The van der Waals surface area contributed by atoms with E-state index >= 15 is 0 Å². The number of hydrogen-bond donors (Lipinski definition) is 1. The Morgan fingerprint density at radius 1 is 1.36 bits per heavy atom. The van der Waals surface area contributed by atoms with Gasteiger partial charge in [-0.3, -0.25) is 13.9 Å². The zero-order valence-electron chi connectivity index (χ0n) is 7.49. The van der Waals surface area contributed by atoms with E-state index < -0.39 is 13.4 Å². The second-order valence-electron chi connectivity index (χ2n) is 2.90. The molecule has 0 saturated heterocycles. The van der Waals surface area contributed by atoms with Crippen molar-refractivity contribution in [3.8, 4) is 0 Å². The van der Waals surface area contributed by atoms with Crippen LogP contribution in [0.2, 0.25) is 0 Å². The average molecular weight is 197 g/mol. The molecule has 1 rings (SSSR count). The van der Waals surface area contributed by atoms with Crippen LogP contribution < -0.4 is 5.23 Å². The Morgan fingerprint density at radius 2 is 2.00 bits per heavy atom. The summed E-state index contributed by atoms with van der Waals surface area (Å²) in [6, 6.07) is 8.21. The van der Waals surface area contributed by atoms with Crippen LogP contribution >= 0.6 is 0 Å². The van der Waals surface area contributed by atoms with Gasteiger partial charge in [0.25, 0.3) is 0 Å². The molecule has 74 valence electrons. The van der Waals surface area contributed by atoms with Gasteiger partial charge in [0.05, 0.1) is 6.04 Å². The van der Waals surface area contributed by atoms with E-state index in [-0.39, 0.29) is 6.42 Å². The van der Waals surface area contributed by atoms with Gasteiger partial charge >= 0.3 is 7.40 Å². The van der Waals surface area contributed by atoms with Gasteiger partial charge in [-0.15, -0.1) is 0 Å². The van der Waals surface area contributed by atoms with Crippen molar-refractivity contribution >= 4 is 13.7 Å². The Bertz CT molecular complexity index is 281. The summed E-state index contributed by atoms with van der Waals surface area (Å²) in [5.41, 5.74) is 0.859. The van der Waals surface area contributed by atoms with Crippen molar-refractivity contribution in [2.75, 3.05) is 0 Å². The minimum Gasteiger partial charge on any atom is -0.302 e. The van der Waals surface area contributed by atoms with E-state index in [9.17, 15) is 13.4 Å². The quantitative estimate of drug-likeness (QED) is 0.569. The zero-order valence-corrected chi connectivity index (χ0v) is 7.49. The van der Waals surface area contributed by atoms with Crippen LogP contribution in [0.4, 0.5) is 8.63 Å². The predicted octanol–water partition coefficient (Wildman–Crippen LogP) is 1.31. The van der Waals surface area contributed by atoms with Crippen LogP contribution in [-0.2, 0) is 11.2 Å². The van der Waals surface area contributed by atoms with Gasteiger partial charge in [-0.25, -0.2) is 0 Å². The van der Waals surface area contributed by atoms with Crippen LogP contribution in [0.5, 0.6) is 0 Å². The summed E-state index contributed by atoms with van der Waals surface area (Å²) in [4.78, 5) is 10.4. The third kappa shape index (κ3) is 3.66. The molecule has 1 aromatic rings. The first kappa shape index (κ1) is 10.9. The lowest BCUT2D eigenvalue weighted by Crippen LogP contribution is -2.39. The van der Waals surface area contributed by atoms with E-state index in [1.807, 2.05) is 11.3 Å². The number of carbonyl (C=O) groups is 1. The standard InChI is InChI=1S/C9H10BF2NO/c11-10(12)13-9(7-14)6-8-4-2-1-3-5-8/h1-5,7,9,13H,6H2/t9-/m0/s1. The van der Waals surface area contributed by atoms with Crippen LogP contribution in [0.15, 0.2) is 30.3 Å². The maximum atomic E-state index is 11.9. The highest BCUT2D eigenvalue weighted by Crippen LogP contribution is 2.02. The van der Waals surface area contributed by atoms with E-state index in [0.29, 0.717) is 6.29 Å². The zero-order chi connectivity index (χ0) is 10.4. The number of halogens is 2. The highest BCUT2D eigenvalue weighted by atomic mass is 19.2. The van der Waals surface area contributed by atoms with E-state index in [1.54, 1.807) is 24.3 Å². The normalized spacial score (nSPS) is 12.1. The summed E-state index contributed by atoms with van der Waals surface area (Å²) in [5.74, 6) is 0. The molecule has 0 heterocycles. The molecule has 0 aliphatic rings. The molecule has 5 heteroatoms. The van der Waals surface area contributed by atoms with Gasteiger partial charge in [0, 0.05) is 0 Å². The molecule has 0 radical (unpaired) electrons. The molecule has 0 aliphatic carbocycles. The van der Waals surface area contributed by atoms with Crippen molar-refractivity contribution in [2.24, 2.45) is 0 Å². The Labute approximate surface area is 81.5 Å². The smallest absolute Gasteiger partial charge is 0.302 e. The van der Waals surface area contributed by atoms with Crippen LogP contribution in [0.1, 0.15) is 5.56 Å². The molecule has 1 N–H and O–H groups in total. The Kier molecular flexibility index (Phi) is 4.26. The molecule has 14 heavy (non-hydrogen) atoms. The summed E-state index contributed by atoms with van der Waals surface area (Å²) in [6.07, 6.45) is 0.786. The number of hydrogen-bond acceptors (Lipinski definition) is 2. The minimum atomic E-state index is -2.66. The van der Waals surface area contributed by atoms with Gasteiger partial charge < -0.3 is 4.79 Å². The Morgan fingerprint density at radius 3 is 2.50 bits per heavy atom. The molecule has 0 unspecified atom stereocenters. The fourth-order valence-electron chi connectivity index (χ4n) is 1.18. The Balaban J connectivity index is 2.53. The van der Waals surface area contributed by atoms with Gasteiger partial charge in [-0.05, 0) is 12.0 Å². The molecular formula is C9H10BF2NO. The number of nitrogens with one attached hydrogen (secondary N) is 1. The highest BCUT2D eigenvalue weighted by Gasteiger charge is 2.18. The van der Waals surface area contributed by atoms with Crippen LogP contribution in [0, 0.1) is 0 Å². The summed E-state index contributed by atoms with van der Waals surface area (Å²) in [5, 5.41) is 1.88. The fraction of sp³-hybridized carbons (Fsp3) is 0.222. The molecule has 0 spiro atoms. The molecule has 1 atom stereocenters. The van der Waals surface area contributed by atoms with Gasteiger partial charge in [0.1, 0.15) is 6.29 Å². The number of benzene rings is 1. The summed E-state index contributed by atoms with van der Waals surface area (Å²) < 4.78 is 23.8. The second kappa shape index (κ2) is 5.49. The molecule has 2 nitrogen and oxygen atoms in total. The van der Waals surface area contributed by atoms with Crippen LogP contribution in [0.25, 0.3) is 0 Å². The molecular weight excluding hydrogens is 187 g/mol. The van der Waals surface area contributed by atoms with Crippen molar-refractivity contribution < 1.29 is 13.4 Å². The van der Waals surface area contributed by atoms with Gasteiger partial charge in [-0.1, -0.05) is 30.3 Å². The molecule has 0 fully saturated rings. The first-order valence-corrected chi connectivity index (χ1v) is 4.26. The summed E-state index contributed by atoms with van der Waals surface area (Å²) in [6.45, 7) is 0. The number of aldehydes is 1. The highest BCUT2D eigenvalue weighted by molar-refractivity contribution is 6.39. The lowest BCUT2D eigenvalue weighted by Gasteiger charge is -2.09. The molecule has 0 saturated carbocycles. The monoisotopic (exact) mass is 197 g/mol. The second-order valence-corrected chi connectivity index (χ2v) is 2.90. The molecule has 0 aromatic heterocycles. The van der Waals surface area contributed by atoms with E-state index in [2.05, 4.69) is 0 Å². The first-order chi connectivity index (χ1) is 6.72. The van der Waals surface area contributed by atoms with E-state index in [4.69, 9.17) is 0 Å². The topological polar surface area (TPSA) is 29.1 Å². The lowest BCUT2D eigenvalue weighted by atomic mass is 10.0. The molecule has 1 aromatic carbocycles. The van der Waals surface area contributed by atoms with Crippen LogP contribution in [0.3, 0.4) is 0 Å².